The van der Waals surface area contributed by atoms with E-state index in [1.807, 2.05) is 30.3 Å². The molecule has 0 heterocycles. The van der Waals surface area contributed by atoms with E-state index in [0.29, 0.717) is 0 Å². The zero-order chi connectivity index (χ0) is 7.40. The number of hydrogen-bond donors (Lipinski definition) is 1. The molecule has 1 nitrogen and oxygen atoms in total. The van der Waals surface area contributed by atoms with E-state index in [4.69, 9.17) is 5.41 Å². The van der Waals surface area contributed by atoms with E-state index < -0.39 is 0 Å². The minimum atomic E-state index is 0.751. The van der Waals surface area contributed by atoms with E-state index in [0.717, 1.165) is 11.1 Å². The van der Waals surface area contributed by atoms with E-state index in [-0.39, 0.29) is 0 Å². The minimum Gasteiger partial charge on any atom is -0.308 e. The third-order valence-corrected chi connectivity index (χ3v) is 1.32. The summed E-state index contributed by atoms with van der Waals surface area (Å²) >= 11 is 0. The Morgan fingerprint density at radius 3 is 2.40 bits per heavy atom. The summed E-state index contributed by atoms with van der Waals surface area (Å²) in [6, 6.07) is 9.69. The van der Waals surface area contributed by atoms with Gasteiger partial charge < -0.3 is 5.41 Å². The number of benzene rings is 1. The van der Waals surface area contributed by atoms with E-state index in [9.17, 15) is 0 Å². The SMILES string of the molecule is C=C(C=N)c1ccccc1. The standard InChI is InChI=1S/C9H9N/c1-8(7-10)9-5-3-2-4-6-9/h2-7,10H,1H2. The number of nitrogens with one attached hydrogen (secondary N) is 1. The van der Waals surface area contributed by atoms with Crippen LogP contribution in [0.4, 0.5) is 0 Å². The van der Waals surface area contributed by atoms with Gasteiger partial charge in [0.15, 0.2) is 0 Å². The molecule has 0 fully saturated rings. The van der Waals surface area contributed by atoms with Crippen LogP contribution in [0.15, 0.2) is 36.9 Å². The Labute approximate surface area is 60.5 Å². The predicted molar refractivity (Wildman–Crippen MR) is 44.3 cm³/mol. The van der Waals surface area contributed by atoms with Gasteiger partial charge >= 0.3 is 0 Å². The molecule has 0 unspecified atom stereocenters. The Bertz CT molecular complexity index is 236. The van der Waals surface area contributed by atoms with Crippen LogP contribution in [0.2, 0.25) is 0 Å². The highest BCUT2D eigenvalue weighted by atomic mass is 14.3. The summed E-state index contributed by atoms with van der Waals surface area (Å²) in [5, 5.41) is 6.92. The predicted octanol–water partition coefficient (Wildman–Crippen LogP) is 2.35. The summed E-state index contributed by atoms with van der Waals surface area (Å²) in [6.45, 7) is 3.70. The van der Waals surface area contributed by atoms with Gasteiger partial charge in [-0.25, -0.2) is 0 Å². The van der Waals surface area contributed by atoms with Gasteiger partial charge in [0.1, 0.15) is 0 Å². The van der Waals surface area contributed by atoms with Crippen molar-refractivity contribution < 1.29 is 0 Å². The van der Waals surface area contributed by atoms with Crippen molar-refractivity contribution in [1.29, 1.82) is 5.41 Å². The van der Waals surface area contributed by atoms with Crippen LogP contribution in [0.3, 0.4) is 0 Å². The number of allylic oxidation sites excluding steroid dienone is 1. The number of rotatable bonds is 2. The van der Waals surface area contributed by atoms with Crippen LogP contribution in [0, 0.1) is 5.41 Å². The molecule has 0 bridgehead atoms. The molecular weight excluding hydrogens is 122 g/mol. The highest BCUT2D eigenvalue weighted by Gasteiger charge is 1.89. The molecule has 0 amide bonds. The van der Waals surface area contributed by atoms with Crippen LogP contribution in [0.1, 0.15) is 5.56 Å². The van der Waals surface area contributed by atoms with Gasteiger partial charge in [-0.1, -0.05) is 36.9 Å². The maximum absolute atomic E-state index is 6.92. The molecule has 0 aliphatic rings. The molecule has 0 spiro atoms. The van der Waals surface area contributed by atoms with Gasteiger partial charge in [-0.15, -0.1) is 0 Å². The average molecular weight is 131 g/mol. The molecule has 1 aromatic carbocycles. The van der Waals surface area contributed by atoms with Crippen molar-refractivity contribution in [2.45, 2.75) is 0 Å². The fourth-order valence-electron chi connectivity index (χ4n) is 0.736. The summed E-state index contributed by atoms with van der Waals surface area (Å²) in [7, 11) is 0. The molecule has 1 rings (SSSR count). The van der Waals surface area contributed by atoms with Crippen LogP contribution in [-0.2, 0) is 0 Å². The summed E-state index contributed by atoms with van der Waals surface area (Å²) in [6.07, 6.45) is 1.26. The van der Waals surface area contributed by atoms with Crippen LogP contribution in [-0.4, -0.2) is 6.21 Å². The summed E-state index contributed by atoms with van der Waals surface area (Å²) < 4.78 is 0. The Morgan fingerprint density at radius 1 is 1.30 bits per heavy atom. The molecule has 1 aromatic rings. The topological polar surface area (TPSA) is 23.9 Å². The lowest BCUT2D eigenvalue weighted by Gasteiger charge is -1.95. The molecule has 0 saturated heterocycles. The molecule has 0 saturated carbocycles. The lowest BCUT2D eigenvalue weighted by molar-refractivity contribution is 1.57. The highest BCUT2D eigenvalue weighted by Crippen LogP contribution is 2.07. The van der Waals surface area contributed by atoms with Crippen molar-refractivity contribution >= 4 is 11.8 Å². The van der Waals surface area contributed by atoms with Gasteiger partial charge in [0.2, 0.25) is 0 Å². The second-order valence-electron chi connectivity index (χ2n) is 2.04. The average Bonchev–Trinajstić information content (AvgIpc) is 2.05. The molecule has 50 valence electrons. The van der Waals surface area contributed by atoms with Gasteiger partial charge in [-0.2, -0.15) is 0 Å². The normalized spacial score (nSPS) is 8.80. The monoisotopic (exact) mass is 131 g/mol. The van der Waals surface area contributed by atoms with Gasteiger partial charge in [0.05, 0.1) is 0 Å². The largest absolute Gasteiger partial charge is 0.308 e. The smallest absolute Gasteiger partial charge is 0.0250 e. The lowest BCUT2D eigenvalue weighted by Crippen LogP contribution is -1.79. The van der Waals surface area contributed by atoms with Crippen molar-refractivity contribution in [2.24, 2.45) is 0 Å². The maximum atomic E-state index is 6.92. The maximum Gasteiger partial charge on any atom is 0.0250 e. The van der Waals surface area contributed by atoms with Crippen LogP contribution < -0.4 is 0 Å². The van der Waals surface area contributed by atoms with Gasteiger partial charge in [0.25, 0.3) is 0 Å². The molecule has 0 aliphatic heterocycles. The first kappa shape index (κ1) is 6.75. The molecule has 0 radical (unpaired) electrons. The Hall–Kier alpha value is -1.37. The van der Waals surface area contributed by atoms with Crippen molar-refractivity contribution in [3.05, 3.63) is 42.5 Å². The quantitative estimate of drug-likeness (QED) is 0.596. The van der Waals surface area contributed by atoms with Crippen molar-refractivity contribution in [2.75, 3.05) is 0 Å². The first-order valence-corrected chi connectivity index (χ1v) is 3.09. The Balaban J connectivity index is 2.95. The molecule has 1 N–H and O–H groups in total. The van der Waals surface area contributed by atoms with Crippen molar-refractivity contribution in [1.82, 2.24) is 0 Å². The van der Waals surface area contributed by atoms with Crippen LogP contribution in [0.5, 0.6) is 0 Å². The van der Waals surface area contributed by atoms with Crippen molar-refractivity contribution in [3.8, 4) is 0 Å². The van der Waals surface area contributed by atoms with Crippen LogP contribution >= 0.6 is 0 Å². The van der Waals surface area contributed by atoms with Crippen molar-refractivity contribution in [3.63, 3.8) is 0 Å². The number of hydrogen-bond acceptors (Lipinski definition) is 1. The zero-order valence-electron chi connectivity index (χ0n) is 5.67. The first-order valence-electron chi connectivity index (χ1n) is 3.09. The van der Waals surface area contributed by atoms with Gasteiger partial charge in [0, 0.05) is 6.21 Å². The molecule has 0 aliphatic carbocycles. The van der Waals surface area contributed by atoms with E-state index in [2.05, 4.69) is 6.58 Å². The Kier molecular flexibility index (Phi) is 2.00. The van der Waals surface area contributed by atoms with E-state index in [1.54, 1.807) is 0 Å². The first-order chi connectivity index (χ1) is 4.84. The fraction of sp³-hybridized carbons (Fsp3) is 0. The summed E-state index contributed by atoms with van der Waals surface area (Å²) in [5.41, 5.74) is 1.76. The van der Waals surface area contributed by atoms with E-state index in [1.165, 1.54) is 6.21 Å². The highest BCUT2D eigenvalue weighted by molar-refractivity contribution is 6.07. The second kappa shape index (κ2) is 2.97. The molecule has 0 atom stereocenters. The Morgan fingerprint density at radius 2 is 1.90 bits per heavy atom. The lowest BCUT2D eigenvalue weighted by atomic mass is 10.1. The van der Waals surface area contributed by atoms with Gasteiger partial charge in [-0.05, 0) is 11.1 Å². The second-order valence-corrected chi connectivity index (χ2v) is 2.04. The summed E-state index contributed by atoms with van der Waals surface area (Å²) in [5.74, 6) is 0. The molecular formula is C9H9N. The molecule has 0 aromatic heterocycles. The van der Waals surface area contributed by atoms with E-state index >= 15 is 0 Å². The zero-order valence-corrected chi connectivity index (χ0v) is 5.67. The molecule has 10 heavy (non-hydrogen) atoms. The third kappa shape index (κ3) is 1.32. The van der Waals surface area contributed by atoms with Crippen LogP contribution in [0.25, 0.3) is 5.57 Å². The third-order valence-electron chi connectivity index (χ3n) is 1.32. The minimum absolute atomic E-state index is 0.751. The van der Waals surface area contributed by atoms with Gasteiger partial charge in [-0.3, -0.25) is 0 Å². The fourth-order valence-corrected chi connectivity index (χ4v) is 0.736. The summed E-state index contributed by atoms with van der Waals surface area (Å²) in [4.78, 5) is 0. The molecule has 1 heteroatoms.